The minimum absolute atomic E-state index is 0.621. The maximum atomic E-state index is 5.88. The van der Waals surface area contributed by atoms with Crippen molar-refractivity contribution in [2.75, 3.05) is 0 Å². The van der Waals surface area contributed by atoms with Crippen LogP contribution in [0, 0.1) is 0 Å². The number of nitrogens with zero attached hydrogens (tertiary/aromatic N) is 3. The van der Waals surface area contributed by atoms with Crippen LogP contribution < -0.4 is 5.32 Å². The lowest BCUT2D eigenvalue weighted by Gasteiger charge is -2.46. The molecule has 0 fully saturated rings. The fourth-order valence-corrected chi connectivity index (χ4v) is 21.6. The van der Waals surface area contributed by atoms with Gasteiger partial charge in [-0.3, -0.25) is 0 Å². The van der Waals surface area contributed by atoms with Crippen LogP contribution >= 0.6 is 20.1 Å². The summed E-state index contributed by atoms with van der Waals surface area (Å²) in [7, 11) is -4.99. The first kappa shape index (κ1) is 56.9. The molecule has 1 unspecified atom stereocenters. The van der Waals surface area contributed by atoms with Gasteiger partial charge in [-0.1, -0.05) is 267 Å². The van der Waals surface area contributed by atoms with E-state index in [1.165, 1.54) is 29.4 Å². The topological polar surface area (TPSA) is 41.7 Å². The van der Waals surface area contributed by atoms with Crippen molar-refractivity contribution < 1.29 is 0 Å². The third-order valence-corrected chi connectivity index (χ3v) is 25.6. The van der Waals surface area contributed by atoms with E-state index in [-0.39, 0.29) is 0 Å². The molecule has 14 aromatic carbocycles. The van der Waals surface area contributed by atoms with Crippen molar-refractivity contribution in [3.8, 4) is 44.5 Å². The second-order valence-electron chi connectivity index (χ2n) is 23.3. The van der Waals surface area contributed by atoms with Gasteiger partial charge in [0.2, 0.25) is 6.29 Å². The summed E-state index contributed by atoms with van der Waals surface area (Å²) < 4.78 is 2.37. The number of nitrogens with one attached hydrogen (secondary N) is 1. The molecule has 1 N–H and O–H groups in total. The predicted octanol–water partition coefficient (Wildman–Crippen LogP) is 23.1. The summed E-state index contributed by atoms with van der Waals surface area (Å²) in [5.41, 5.74) is 13.1. The monoisotopic (exact) mass is 1230 g/mol. The highest BCUT2D eigenvalue weighted by Gasteiger charge is 2.40. The average Bonchev–Trinajstić information content (AvgIpc) is 1.27. The second kappa shape index (κ2) is 24.8. The van der Waals surface area contributed by atoms with Gasteiger partial charge in [-0.15, -0.1) is 20.1 Å². The summed E-state index contributed by atoms with van der Waals surface area (Å²) in [6, 6.07) is 139. The van der Waals surface area contributed by atoms with Gasteiger partial charge >= 0.3 is 0 Å². The Morgan fingerprint density at radius 2 is 0.527 bits per heavy atom. The third-order valence-electron chi connectivity index (χ3n) is 17.9. The molecule has 1 aromatic heterocycles. The number of amidine groups is 2. The first-order valence-corrected chi connectivity index (χ1v) is 34.9. The van der Waals surface area contributed by atoms with Crippen molar-refractivity contribution in [1.82, 2.24) is 9.88 Å². The molecule has 1 aliphatic rings. The van der Waals surface area contributed by atoms with Gasteiger partial charge in [-0.05, 0) is 154 Å². The molecule has 0 spiro atoms. The molecule has 0 amide bonds. The first-order valence-electron chi connectivity index (χ1n) is 31.6. The van der Waals surface area contributed by atoms with E-state index >= 15 is 0 Å². The highest BCUT2D eigenvalue weighted by molar-refractivity contribution is 8.34. The summed E-state index contributed by atoms with van der Waals surface area (Å²) in [4.78, 5) is 21.2. The molecule has 1 aliphatic heterocycles. The predicted molar refractivity (Wildman–Crippen MR) is 389 cm³/mol. The molecule has 16 rings (SSSR count). The van der Waals surface area contributed by atoms with Gasteiger partial charge < -0.3 is 9.88 Å². The van der Waals surface area contributed by atoms with Crippen LogP contribution in [0.1, 0.15) is 17.4 Å². The molecule has 0 radical (unpaired) electrons. The van der Waals surface area contributed by atoms with E-state index in [1.807, 2.05) is 0 Å². The Balaban J connectivity index is 1.06. The molecule has 1 atom stereocenters. The van der Waals surface area contributed by atoms with Crippen molar-refractivity contribution in [2.24, 2.45) is 9.98 Å². The summed E-state index contributed by atoms with van der Waals surface area (Å²) in [5.74, 6) is 1.35. The minimum atomic E-state index is -2.54. The van der Waals surface area contributed by atoms with Crippen LogP contribution in [0.2, 0.25) is 0 Å². The Kier molecular flexibility index (Phi) is 15.2. The van der Waals surface area contributed by atoms with Crippen molar-refractivity contribution >= 4 is 53.5 Å². The van der Waals surface area contributed by atoms with E-state index in [0.717, 1.165) is 87.2 Å². The second-order valence-corrected chi connectivity index (χ2v) is 29.5. The SMILES string of the molecule is c1ccc(-c2cccc(C3=NC(n4c5ccccc5c5ccccc54)NC(c4cc(S(c5ccccc5)(c5ccccc5)c5cccc(-c6ccccc6)c5)cc(S(c5ccccc5)(c5cccc(-c6ccccc6)c5)c5cccc(-c6ccccc6)c5)c4)=N3)c2)cc1. The van der Waals surface area contributed by atoms with E-state index in [4.69, 9.17) is 9.98 Å². The van der Waals surface area contributed by atoms with Crippen LogP contribution in [0.3, 0.4) is 0 Å². The lowest BCUT2D eigenvalue weighted by Crippen LogP contribution is -2.36. The molecule has 0 saturated carbocycles. The fourth-order valence-electron chi connectivity index (χ4n) is 13.6. The third kappa shape index (κ3) is 10.5. The average molecular weight is 1230 g/mol. The van der Waals surface area contributed by atoms with Gasteiger partial charge in [0.25, 0.3) is 0 Å². The first-order chi connectivity index (χ1) is 46.1. The molecule has 6 heteroatoms. The lowest BCUT2D eigenvalue weighted by molar-refractivity contribution is 0.515. The lowest BCUT2D eigenvalue weighted by atomic mass is 10.0. The van der Waals surface area contributed by atoms with Crippen LogP contribution in [0.15, 0.2) is 425 Å². The van der Waals surface area contributed by atoms with Crippen molar-refractivity contribution in [1.29, 1.82) is 0 Å². The Morgan fingerprint density at radius 1 is 0.237 bits per heavy atom. The van der Waals surface area contributed by atoms with Gasteiger partial charge in [0.1, 0.15) is 5.84 Å². The number of benzene rings is 14. The Morgan fingerprint density at radius 3 is 0.925 bits per heavy atom. The summed E-state index contributed by atoms with van der Waals surface area (Å²) >= 11 is 0. The molecule has 4 nitrogen and oxygen atoms in total. The Bertz CT molecular complexity index is 5050. The van der Waals surface area contributed by atoms with Crippen LogP contribution in [0.5, 0.6) is 0 Å². The maximum absolute atomic E-state index is 5.88. The molecule has 15 aromatic rings. The van der Waals surface area contributed by atoms with Crippen molar-refractivity contribution in [2.45, 2.75) is 45.5 Å². The van der Waals surface area contributed by atoms with Crippen molar-refractivity contribution in [3.05, 3.63) is 387 Å². The largest absolute Gasteiger partial charge is 0.331 e. The number of hydrogen-bond donors (Lipinski definition) is 1. The standard InChI is InChI=1S/C87H64N4S2/c1-8-30-63(31-9-1)67-38-26-42-71(56-67)85-88-86(90-87(89-85)91-83-54-24-22-52-81(83)82-53-23-25-55-84(82)91)72-60-79(92(73-43-16-5-17-44-73,74-45-18-6-19-46-74)76-49-27-39-68(57-76)64-32-10-2-11-33-64)62-80(61-72)93(75-47-20-7-21-48-75,77-50-28-40-69(58-77)65-34-12-3-13-35-65)78-51-29-41-70(59-78)66-36-14-4-15-37-66/h1-62,87H,(H,88,89,90). The number of rotatable bonds is 15. The van der Waals surface area contributed by atoms with Crippen LogP contribution in [-0.2, 0) is 0 Å². The van der Waals surface area contributed by atoms with Crippen molar-refractivity contribution in [3.63, 3.8) is 0 Å². The quantitative estimate of drug-likeness (QED) is 0.109. The number of aromatic nitrogens is 1. The molecular formula is C87H64N4S2. The van der Waals surface area contributed by atoms with Crippen LogP contribution in [-0.4, -0.2) is 16.2 Å². The highest BCUT2D eigenvalue weighted by Crippen LogP contribution is 2.78. The van der Waals surface area contributed by atoms with E-state index < -0.39 is 26.3 Å². The molecule has 0 bridgehead atoms. The van der Waals surface area contributed by atoms with E-state index in [2.05, 4.69) is 386 Å². The minimum Gasteiger partial charge on any atom is -0.331 e. The number of para-hydroxylation sites is 2. The van der Waals surface area contributed by atoms with E-state index in [0.29, 0.717) is 11.7 Å². The van der Waals surface area contributed by atoms with Gasteiger partial charge in [0, 0.05) is 61.1 Å². The zero-order valence-corrected chi connectivity index (χ0v) is 52.7. The van der Waals surface area contributed by atoms with Gasteiger partial charge in [-0.25, -0.2) is 9.98 Å². The summed E-state index contributed by atoms with van der Waals surface area (Å²) in [6.45, 7) is 0. The van der Waals surface area contributed by atoms with E-state index in [1.54, 1.807) is 0 Å². The van der Waals surface area contributed by atoms with Gasteiger partial charge in [0.05, 0.1) is 11.0 Å². The van der Waals surface area contributed by atoms with Gasteiger partial charge in [-0.2, -0.15) is 0 Å². The Hall–Kier alpha value is -11.3. The summed E-state index contributed by atoms with van der Waals surface area (Å²) in [5, 5.41) is 6.46. The zero-order valence-electron chi connectivity index (χ0n) is 51.0. The molecule has 0 saturated heterocycles. The number of hydrogen-bond acceptors (Lipinski definition) is 3. The van der Waals surface area contributed by atoms with Crippen LogP contribution in [0.4, 0.5) is 0 Å². The molecular weight excluding hydrogens is 1170 g/mol. The Labute approximate surface area is 546 Å². The number of aliphatic imine (C=N–C) groups is 2. The van der Waals surface area contributed by atoms with E-state index in [9.17, 15) is 0 Å². The summed E-state index contributed by atoms with van der Waals surface area (Å²) in [6.07, 6.45) is -0.621. The normalized spacial score (nSPS) is 13.6. The zero-order chi connectivity index (χ0) is 62.0. The number of fused-ring (bicyclic) bond motifs is 3. The maximum Gasteiger partial charge on any atom is 0.204 e. The molecule has 2 heterocycles. The molecule has 0 aliphatic carbocycles. The smallest absolute Gasteiger partial charge is 0.204 e. The fraction of sp³-hybridized carbons (Fsp3) is 0.0115. The van der Waals surface area contributed by atoms with Gasteiger partial charge in [0.15, 0.2) is 5.84 Å². The highest BCUT2D eigenvalue weighted by atomic mass is 32.3. The molecule has 444 valence electrons. The molecule has 93 heavy (non-hydrogen) atoms. The van der Waals surface area contributed by atoms with Crippen LogP contribution in [0.25, 0.3) is 66.3 Å².